The van der Waals surface area contributed by atoms with Gasteiger partial charge in [0.25, 0.3) is 5.91 Å². The van der Waals surface area contributed by atoms with Crippen LogP contribution in [0.5, 0.6) is 0 Å². The first-order chi connectivity index (χ1) is 15.4. The lowest BCUT2D eigenvalue weighted by Gasteiger charge is -2.31. The van der Waals surface area contributed by atoms with Gasteiger partial charge in [-0.15, -0.1) is 11.3 Å². The predicted molar refractivity (Wildman–Crippen MR) is 126 cm³/mol. The van der Waals surface area contributed by atoms with E-state index in [4.69, 9.17) is 4.74 Å². The molecule has 0 spiro atoms. The smallest absolute Gasteiger partial charge is 0.267 e. The Morgan fingerprint density at radius 2 is 1.88 bits per heavy atom. The van der Waals surface area contributed by atoms with Gasteiger partial charge in [-0.05, 0) is 44.4 Å². The highest BCUT2D eigenvalue weighted by molar-refractivity contribution is 7.89. The molecule has 0 aliphatic carbocycles. The van der Waals surface area contributed by atoms with E-state index in [-0.39, 0.29) is 10.8 Å². The van der Waals surface area contributed by atoms with Gasteiger partial charge in [0, 0.05) is 26.2 Å². The van der Waals surface area contributed by atoms with Crippen LogP contribution in [0.15, 0.2) is 23.1 Å². The number of amides is 1. The van der Waals surface area contributed by atoms with E-state index in [9.17, 15) is 13.2 Å². The Balaban J connectivity index is 1.69. The van der Waals surface area contributed by atoms with Gasteiger partial charge in [-0.3, -0.25) is 4.79 Å². The molecular formula is C22H30N4O4S2. The first-order valence-corrected chi connectivity index (χ1v) is 13.4. The maximum Gasteiger partial charge on any atom is 0.267 e. The Morgan fingerprint density at radius 3 is 2.53 bits per heavy atom. The number of nitrogens with one attached hydrogen (secondary N) is 1. The third-order valence-corrected chi connectivity index (χ3v) is 9.07. The molecule has 2 aliphatic heterocycles. The number of ether oxygens (including phenoxy) is 1. The quantitative estimate of drug-likeness (QED) is 0.685. The number of thiazole rings is 1. The molecule has 0 saturated carbocycles. The van der Waals surface area contributed by atoms with Crippen molar-refractivity contribution in [2.24, 2.45) is 0 Å². The molecule has 2 aliphatic rings. The van der Waals surface area contributed by atoms with Crippen LogP contribution in [0.3, 0.4) is 0 Å². The number of piperidine rings is 1. The fraction of sp³-hybridized carbons (Fsp3) is 0.545. The van der Waals surface area contributed by atoms with E-state index in [1.165, 1.54) is 11.3 Å². The highest BCUT2D eigenvalue weighted by Crippen LogP contribution is 2.32. The van der Waals surface area contributed by atoms with E-state index in [1.807, 2.05) is 13.8 Å². The minimum Gasteiger partial charge on any atom is -0.378 e. The first-order valence-electron chi connectivity index (χ1n) is 11.1. The zero-order valence-electron chi connectivity index (χ0n) is 18.6. The number of carbonyl (C=O) groups is 1. The molecule has 8 nitrogen and oxygen atoms in total. The molecule has 0 bridgehead atoms. The van der Waals surface area contributed by atoms with Crippen LogP contribution in [0.4, 0.5) is 11.4 Å². The minimum absolute atomic E-state index is 0.210. The molecule has 174 valence electrons. The molecule has 3 heterocycles. The van der Waals surface area contributed by atoms with E-state index in [0.717, 1.165) is 36.4 Å². The number of carbonyl (C=O) groups excluding carboxylic acids is 1. The van der Waals surface area contributed by atoms with Crippen molar-refractivity contribution in [2.75, 3.05) is 49.6 Å². The molecule has 1 aromatic carbocycles. The molecule has 0 radical (unpaired) electrons. The van der Waals surface area contributed by atoms with Gasteiger partial charge < -0.3 is 15.0 Å². The number of morpholine rings is 1. The fourth-order valence-electron chi connectivity index (χ4n) is 4.10. The van der Waals surface area contributed by atoms with Gasteiger partial charge in [0.2, 0.25) is 10.0 Å². The highest BCUT2D eigenvalue weighted by Gasteiger charge is 2.28. The normalized spacial score (nSPS) is 18.0. The van der Waals surface area contributed by atoms with Crippen LogP contribution in [0, 0.1) is 6.92 Å². The summed E-state index contributed by atoms with van der Waals surface area (Å²) < 4.78 is 33.5. The number of hydrogen-bond donors (Lipinski definition) is 1. The van der Waals surface area contributed by atoms with Crippen molar-refractivity contribution in [3.63, 3.8) is 0 Å². The summed E-state index contributed by atoms with van der Waals surface area (Å²) in [5, 5.41) is 3.89. The third-order valence-electron chi connectivity index (χ3n) is 5.87. The monoisotopic (exact) mass is 478 g/mol. The summed E-state index contributed by atoms with van der Waals surface area (Å²) >= 11 is 1.38. The molecule has 2 fully saturated rings. The Hall–Kier alpha value is -2.01. The summed E-state index contributed by atoms with van der Waals surface area (Å²) in [6, 6.07) is 5.05. The van der Waals surface area contributed by atoms with Gasteiger partial charge >= 0.3 is 0 Å². The number of sulfonamides is 1. The van der Waals surface area contributed by atoms with Crippen molar-refractivity contribution in [2.45, 2.75) is 44.4 Å². The summed E-state index contributed by atoms with van der Waals surface area (Å²) in [5.74, 6) is -0.262. The molecule has 32 heavy (non-hydrogen) atoms. The number of anilines is 2. The van der Waals surface area contributed by atoms with E-state index < -0.39 is 10.0 Å². The summed E-state index contributed by atoms with van der Waals surface area (Å²) in [7, 11) is -3.61. The summed E-state index contributed by atoms with van der Waals surface area (Å²) in [5.41, 5.74) is 1.99. The van der Waals surface area contributed by atoms with Gasteiger partial charge in [-0.2, -0.15) is 4.31 Å². The maximum atomic E-state index is 13.3. The number of nitrogens with zero attached hydrogens (tertiary/aromatic N) is 3. The molecular weight excluding hydrogens is 448 g/mol. The van der Waals surface area contributed by atoms with Gasteiger partial charge in [-0.25, -0.2) is 13.4 Å². The summed E-state index contributed by atoms with van der Waals surface area (Å²) in [6.45, 7) is 7.45. The van der Waals surface area contributed by atoms with Gasteiger partial charge in [0.15, 0.2) is 0 Å². The Kier molecular flexibility index (Phi) is 7.14. The maximum absolute atomic E-state index is 13.3. The van der Waals surface area contributed by atoms with E-state index >= 15 is 0 Å². The van der Waals surface area contributed by atoms with Crippen LogP contribution < -0.4 is 10.2 Å². The number of aryl methyl sites for hydroxylation is 2. The molecule has 2 aromatic rings. The topological polar surface area (TPSA) is 91.8 Å². The van der Waals surface area contributed by atoms with Crippen molar-refractivity contribution >= 4 is 38.6 Å². The van der Waals surface area contributed by atoms with Crippen LogP contribution in [-0.2, 0) is 21.2 Å². The van der Waals surface area contributed by atoms with E-state index in [1.54, 1.807) is 22.5 Å². The largest absolute Gasteiger partial charge is 0.378 e. The molecule has 2 saturated heterocycles. The first kappa shape index (κ1) is 23.2. The molecule has 1 aromatic heterocycles. The number of benzene rings is 1. The fourth-order valence-corrected chi connectivity index (χ4v) is 6.55. The van der Waals surface area contributed by atoms with E-state index in [2.05, 4.69) is 15.2 Å². The Bertz CT molecular complexity index is 1070. The molecule has 0 atom stereocenters. The number of rotatable bonds is 6. The van der Waals surface area contributed by atoms with Crippen LogP contribution in [0.2, 0.25) is 0 Å². The Labute approximate surface area is 193 Å². The SMILES string of the molecule is CCc1nc(C)c(C(=O)Nc2cc(S(=O)(=O)N3CCCCC3)ccc2N2CCOCC2)s1. The molecule has 1 N–H and O–H groups in total. The predicted octanol–water partition coefficient (Wildman–Crippen LogP) is 3.28. The van der Waals surface area contributed by atoms with Crippen molar-refractivity contribution in [1.82, 2.24) is 9.29 Å². The summed E-state index contributed by atoms with van der Waals surface area (Å²) in [4.78, 5) is 20.5. The van der Waals surface area contributed by atoms with E-state index in [0.29, 0.717) is 55.7 Å². The van der Waals surface area contributed by atoms with Gasteiger partial charge in [0.05, 0.1) is 40.2 Å². The third kappa shape index (κ3) is 4.83. The van der Waals surface area contributed by atoms with Crippen molar-refractivity contribution in [1.29, 1.82) is 0 Å². The molecule has 1 amide bonds. The van der Waals surface area contributed by atoms with Crippen LogP contribution in [0.25, 0.3) is 0 Å². The lowest BCUT2D eigenvalue weighted by atomic mass is 10.2. The highest BCUT2D eigenvalue weighted by atomic mass is 32.2. The Morgan fingerprint density at radius 1 is 1.16 bits per heavy atom. The molecule has 4 rings (SSSR count). The average Bonchev–Trinajstić information content (AvgIpc) is 3.21. The lowest BCUT2D eigenvalue weighted by molar-refractivity contribution is 0.102. The van der Waals surface area contributed by atoms with Crippen molar-refractivity contribution in [3.05, 3.63) is 33.8 Å². The second-order valence-corrected chi connectivity index (χ2v) is 11.1. The second kappa shape index (κ2) is 9.86. The zero-order chi connectivity index (χ0) is 22.7. The molecule has 0 unspecified atom stereocenters. The number of aromatic nitrogens is 1. The zero-order valence-corrected chi connectivity index (χ0v) is 20.2. The van der Waals surface area contributed by atoms with Crippen LogP contribution in [-0.4, -0.2) is 63.0 Å². The van der Waals surface area contributed by atoms with Crippen LogP contribution in [0.1, 0.15) is 46.6 Å². The number of hydrogen-bond acceptors (Lipinski definition) is 7. The standard InChI is InChI=1S/C22H30N4O4S2/c1-3-20-23-16(2)21(31-20)22(27)24-18-15-17(32(28,29)26-9-5-4-6-10-26)7-8-19(18)25-11-13-30-14-12-25/h7-8,15H,3-6,9-14H2,1-2H3,(H,24,27). The molecule has 10 heteroatoms. The van der Waals surface area contributed by atoms with Crippen molar-refractivity contribution < 1.29 is 17.9 Å². The second-order valence-electron chi connectivity index (χ2n) is 8.07. The van der Waals surface area contributed by atoms with Gasteiger partial charge in [0.1, 0.15) is 4.88 Å². The summed E-state index contributed by atoms with van der Waals surface area (Å²) in [6.07, 6.45) is 3.57. The minimum atomic E-state index is -3.61. The van der Waals surface area contributed by atoms with Gasteiger partial charge in [-0.1, -0.05) is 13.3 Å². The van der Waals surface area contributed by atoms with Crippen LogP contribution >= 0.6 is 11.3 Å². The lowest BCUT2D eigenvalue weighted by Crippen LogP contribution is -2.37. The average molecular weight is 479 g/mol. The van der Waals surface area contributed by atoms with Crippen molar-refractivity contribution in [3.8, 4) is 0 Å².